The summed E-state index contributed by atoms with van der Waals surface area (Å²) in [7, 11) is 2.13. The van der Waals surface area contributed by atoms with Crippen LogP contribution in [0.5, 0.6) is 0 Å². The Kier molecular flexibility index (Phi) is 4.16. The highest BCUT2D eigenvalue weighted by Gasteiger charge is 2.12. The van der Waals surface area contributed by atoms with Gasteiger partial charge in [0.25, 0.3) is 5.01 Å². The van der Waals surface area contributed by atoms with Crippen molar-refractivity contribution in [3.05, 3.63) is 47.6 Å². The molecule has 2 nitrogen and oxygen atoms in total. The highest BCUT2D eigenvalue weighted by atomic mass is 32.1. The lowest BCUT2D eigenvalue weighted by atomic mass is 10.1. The zero-order valence-electron chi connectivity index (χ0n) is 12.0. The van der Waals surface area contributed by atoms with Crippen LogP contribution in [0.15, 0.2) is 42.6 Å². The lowest BCUT2D eigenvalue weighted by molar-refractivity contribution is -0.642. The van der Waals surface area contributed by atoms with Crippen molar-refractivity contribution in [3.8, 4) is 0 Å². The van der Waals surface area contributed by atoms with Crippen LogP contribution in [0.1, 0.15) is 24.3 Å². The zero-order valence-corrected chi connectivity index (χ0v) is 12.8. The number of allylic oxidation sites excluding steroid dienone is 2. The van der Waals surface area contributed by atoms with Gasteiger partial charge in [-0.15, -0.1) is 0 Å². The first-order chi connectivity index (χ1) is 9.84. The average molecular weight is 285 g/mol. The molecule has 20 heavy (non-hydrogen) atoms. The van der Waals surface area contributed by atoms with Crippen molar-refractivity contribution >= 4 is 27.6 Å². The predicted octanol–water partition coefficient (Wildman–Crippen LogP) is 3.74. The van der Waals surface area contributed by atoms with E-state index in [1.165, 1.54) is 47.6 Å². The van der Waals surface area contributed by atoms with E-state index in [-0.39, 0.29) is 0 Å². The molecule has 1 aromatic heterocycles. The summed E-state index contributed by atoms with van der Waals surface area (Å²) >= 11 is 1.84. The Bertz CT molecular complexity index is 633. The zero-order chi connectivity index (χ0) is 13.8. The summed E-state index contributed by atoms with van der Waals surface area (Å²) < 4.78 is 3.60. The van der Waals surface area contributed by atoms with E-state index in [2.05, 4.69) is 65.2 Å². The first-order valence-electron chi connectivity index (χ1n) is 7.31. The van der Waals surface area contributed by atoms with Crippen LogP contribution in [0.2, 0.25) is 0 Å². The van der Waals surface area contributed by atoms with Gasteiger partial charge in [0, 0.05) is 25.2 Å². The molecule has 104 valence electrons. The molecule has 0 aliphatic carbocycles. The second-order valence-electron chi connectivity index (χ2n) is 5.26. The van der Waals surface area contributed by atoms with Crippen LogP contribution in [-0.2, 0) is 7.05 Å². The molecular weight excluding hydrogens is 264 g/mol. The second-order valence-corrected chi connectivity index (χ2v) is 6.33. The second kappa shape index (κ2) is 6.23. The fourth-order valence-electron chi connectivity index (χ4n) is 2.64. The third-order valence-corrected chi connectivity index (χ3v) is 4.99. The summed E-state index contributed by atoms with van der Waals surface area (Å²) in [5.74, 6) is 0. The largest absolute Gasteiger partial charge is 0.377 e. The van der Waals surface area contributed by atoms with E-state index < -0.39 is 0 Å². The van der Waals surface area contributed by atoms with E-state index in [0.29, 0.717) is 0 Å². The van der Waals surface area contributed by atoms with Crippen molar-refractivity contribution in [1.82, 2.24) is 4.90 Å². The number of para-hydroxylation sites is 1. The van der Waals surface area contributed by atoms with Gasteiger partial charge in [0.2, 0.25) is 5.52 Å². The summed E-state index contributed by atoms with van der Waals surface area (Å²) in [6.45, 7) is 2.42. The maximum Gasteiger partial charge on any atom is 0.262 e. The molecule has 3 rings (SSSR count). The van der Waals surface area contributed by atoms with E-state index in [9.17, 15) is 0 Å². The quantitative estimate of drug-likeness (QED) is 0.615. The SMILES string of the molecule is C[n+]1c(C=CC=CN2CCCCC2)sc2ccccc21. The Morgan fingerprint density at radius 2 is 1.90 bits per heavy atom. The topological polar surface area (TPSA) is 7.12 Å². The summed E-state index contributed by atoms with van der Waals surface area (Å²) in [5.41, 5.74) is 1.30. The molecule has 3 heteroatoms. The van der Waals surface area contributed by atoms with Crippen molar-refractivity contribution < 1.29 is 4.57 Å². The molecule has 0 saturated carbocycles. The third-order valence-electron chi connectivity index (χ3n) is 3.81. The molecule has 1 aliphatic heterocycles. The smallest absolute Gasteiger partial charge is 0.262 e. The fraction of sp³-hybridized carbons (Fsp3) is 0.353. The fourth-order valence-corrected chi connectivity index (χ4v) is 3.71. The van der Waals surface area contributed by atoms with Crippen molar-refractivity contribution in [3.63, 3.8) is 0 Å². The van der Waals surface area contributed by atoms with E-state index in [0.717, 1.165) is 0 Å². The minimum absolute atomic E-state index is 1.21. The summed E-state index contributed by atoms with van der Waals surface area (Å²) in [6.07, 6.45) is 12.8. The number of aryl methyl sites for hydroxylation is 1. The van der Waals surface area contributed by atoms with Gasteiger partial charge in [-0.1, -0.05) is 29.5 Å². The molecule has 1 aliphatic rings. The molecule has 0 bridgehead atoms. The Balaban J connectivity index is 1.70. The van der Waals surface area contributed by atoms with Gasteiger partial charge in [0.05, 0.1) is 0 Å². The van der Waals surface area contributed by atoms with Crippen LogP contribution in [-0.4, -0.2) is 18.0 Å². The number of nitrogens with zero attached hydrogens (tertiary/aromatic N) is 2. The lowest BCUT2D eigenvalue weighted by Gasteiger charge is -2.24. The van der Waals surface area contributed by atoms with Crippen molar-refractivity contribution in [2.24, 2.45) is 7.05 Å². The standard InChI is InChI=1S/C17H21N2S/c1-18-15-9-3-4-10-16(15)20-17(18)11-5-8-14-19-12-6-2-7-13-19/h3-5,8-11,14H,2,6-7,12-13H2,1H3/q+1. The highest BCUT2D eigenvalue weighted by molar-refractivity contribution is 7.18. The maximum absolute atomic E-state index is 2.42. The van der Waals surface area contributed by atoms with Gasteiger partial charge in [-0.3, -0.25) is 0 Å². The van der Waals surface area contributed by atoms with Gasteiger partial charge in [-0.25, -0.2) is 0 Å². The van der Waals surface area contributed by atoms with Crippen LogP contribution in [0.4, 0.5) is 0 Å². The minimum Gasteiger partial charge on any atom is -0.377 e. The summed E-state index contributed by atoms with van der Waals surface area (Å²) in [4.78, 5) is 2.42. The Labute approximate surface area is 124 Å². The number of rotatable bonds is 3. The van der Waals surface area contributed by atoms with E-state index >= 15 is 0 Å². The Morgan fingerprint density at radius 3 is 2.70 bits per heavy atom. The highest BCUT2D eigenvalue weighted by Crippen LogP contribution is 2.20. The number of hydrogen-bond donors (Lipinski definition) is 0. The number of benzene rings is 1. The van der Waals surface area contributed by atoms with Crippen molar-refractivity contribution in [2.75, 3.05) is 13.1 Å². The van der Waals surface area contributed by atoms with Gasteiger partial charge < -0.3 is 4.90 Å². The molecule has 1 fully saturated rings. The van der Waals surface area contributed by atoms with Gasteiger partial charge in [0.1, 0.15) is 11.7 Å². The molecule has 0 N–H and O–H groups in total. The van der Waals surface area contributed by atoms with Crippen molar-refractivity contribution in [2.45, 2.75) is 19.3 Å². The van der Waals surface area contributed by atoms with Crippen molar-refractivity contribution in [1.29, 1.82) is 0 Å². The molecular formula is C17H21N2S+. The third kappa shape index (κ3) is 2.93. The minimum atomic E-state index is 1.21. The molecule has 2 aromatic rings. The van der Waals surface area contributed by atoms with E-state index in [1.807, 2.05) is 11.3 Å². The number of hydrogen-bond acceptors (Lipinski definition) is 2. The van der Waals surface area contributed by atoms with Crippen LogP contribution >= 0.6 is 11.3 Å². The van der Waals surface area contributed by atoms with Gasteiger partial charge in [-0.05, 0) is 37.6 Å². The molecule has 0 unspecified atom stereocenters. The first-order valence-corrected chi connectivity index (χ1v) is 8.13. The number of piperidine rings is 1. The predicted molar refractivity (Wildman–Crippen MR) is 86.6 cm³/mol. The molecule has 0 spiro atoms. The normalized spacial score (nSPS) is 16.8. The Hall–Kier alpha value is -1.61. The van der Waals surface area contributed by atoms with Crippen LogP contribution < -0.4 is 4.57 Å². The molecule has 0 atom stereocenters. The summed E-state index contributed by atoms with van der Waals surface area (Å²) in [6, 6.07) is 8.55. The first kappa shape index (κ1) is 13.4. The number of aromatic nitrogens is 1. The molecule has 1 saturated heterocycles. The number of thiazole rings is 1. The Morgan fingerprint density at radius 1 is 1.10 bits per heavy atom. The van der Waals surface area contributed by atoms with Crippen LogP contribution in [0.3, 0.4) is 0 Å². The lowest BCUT2D eigenvalue weighted by Crippen LogP contribution is -2.28. The van der Waals surface area contributed by atoms with E-state index in [4.69, 9.17) is 0 Å². The van der Waals surface area contributed by atoms with Gasteiger partial charge >= 0.3 is 0 Å². The van der Waals surface area contributed by atoms with Gasteiger partial charge in [0.15, 0.2) is 0 Å². The molecule has 1 aromatic carbocycles. The van der Waals surface area contributed by atoms with Crippen LogP contribution in [0.25, 0.3) is 16.3 Å². The molecule has 0 radical (unpaired) electrons. The maximum atomic E-state index is 2.42. The van der Waals surface area contributed by atoms with Gasteiger partial charge in [-0.2, -0.15) is 4.57 Å². The van der Waals surface area contributed by atoms with E-state index in [1.54, 1.807) is 0 Å². The molecule has 2 heterocycles. The molecule has 0 amide bonds. The van der Waals surface area contributed by atoms with Crippen LogP contribution in [0, 0.1) is 0 Å². The number of fused-ring (bicyclic) bond motifs is 1. The average Bonchev–Trinajstić information content (AvgIpc) is 2.82. The monoisotopic (exact) mass is 285 g/mol. The summed E-state index contributed by atoms with van der Waals surface area (Å²) in [5, 5.41) is 1.29. The number of likely N-dealkylation sites (tertiary alicyclic amines) is 1.